The van der Waals surface area contributed by atoms with Gasteiger partial charge in [0.15, 0.2) is 0 Å². The standard InChI is InChI=1S/C21H22N4O2/c1-3-16-6-4-5-7-18(16)25-21(26)19-13-24-20(14-22-19)23-12-15-8-10-17(27-2)11-9-15/h4-11,13-14H,3,12H2,1-2H3,(H,23,24)(H,25,26). The van der Waals surface area contributed by atoms with E-state index < -0.39 is 0 Å². The van der Waals surface area contributed by atoms with Crippen LogP contribution in [0.25, 0.3) is 0 Å². The third-order valence-electron chi connectivity index (χ3n) is 4.16. The van der Waals surface area contributed by atoms with E-state index in [1.807, 2.05) is 55.5 Å². The molecule has 1 heterocycles. The molecule has 3 rings (SSSR count). The van der Waals surface area contributed by atoms with Crippen molar-refractivity contribution in [2.45, 2.75) is 19.9 Å². The number of carbonyl (C=O) groups is 1. The van der Waals surface area contributed by atoms with Crippen molar-refractivity contribution in [3.63, 3.8) is 0 Å². The summed E-state index contributed by atoms with van der Waals surface area (Å²) in [5, 5.41) is 6.08. The number of hydrogen-bond donors (Lipinski definition) is 2. The lowest BCUT2D eigenvalue weighted by atomic mass is 10.1. The van der Waals surface area contributed by atoms with Crippen LogP contribution in [-0.2, 0) is 13.0 Å². The Hall–Kier alpha value is -3.41. The van der Waals surface area contributed by atoms with Gasteiger partial charge in [0.25, 0.3) is 5.91 Å². The van der Waals surface area contributed by atoms with Gasteiger partial charge in [0.2, 0.25) is 0 Å². The molecule has 0 fully saturated rings. The van der Waals surface area contributed by atoms with Gasteiger partial charge in [0, 0.05) is 12.2 Å². The van der Waals surface area contributed by atoms with Gasteiger partial charge in [-0.25, -0.2) is 9.97 Å². The molecule has 0 aliphatic heterocycles. The van der Waals surface area contributed by atoms with Gasteiger partial charge in [-0.2, -0.15) is 0 Å². The third-order valence-corrected chi connectivity index (χ3v) is 4.16. The molecule has 2 N–H and O–H groups in total. The third kappa shape index (κ3) is 4.82. The summed E-state index contributed by atoms with van der Waals surface area (Å²) in [5.74, 6) is 1.15. The molecule has 0 radical (unpaired) electrons. The predicted molar refractivity (Wildman–Crippen MR) is 106 cm³/mol. The molecule has 6 heteroatoms. The van der Waals surface area contributed by atoms with Crippen molar-refractivity contribution in [2.75, 3.05) is 17.7 Å². The Labute approximate surface area is 158 Å². The first-order valence-electron chi connectivity index (χ1n) is 8.77. The van der Waals surface area contributed by atoms with E-state index in [0.717, 1.165) is 29.0 Å². The molecule has 2 aromatic carbocycles. The van der Waals surface area contributed by atoms with Gasteiger partial charge in [0.05, 0.1) is 19.5 Å². The van der Waals surface area contributed by atoms with E-state index in [-0.39, 0.29) is 11.6 Å². The molecule has 138 valence electrons. The molecule has 0 saturated carbocycles. The number of anilines is 2. The van der Waals surface area contributed by atoms with Crippen LogP contribution >= 0.6 is 0 Å². The lowest BCUT2D eigenvalue weighted by Gasteiger charge is -2.10. The van der Waals surface area contributed by atoms with Crippen LogP contribution in [0, 0.1) is 0 Å². The summed E-state index contributed by atoms with van der Waals surface area (Å²) >= 11 is 0. The monoisotopic (exact) mass is 362 g/mol. The Morgan fingerprint density at radius 1 is 1.04 bits per heavy atom. The van der Waals surface area contributed by atoms with Crippen LogP contribution in [0.15, 0.2) is 60.9 Å². The minimum Gasteiger partial charge on any atom is -0.497 e. The summed E-state index contributed by atoms with van der Waals surface area (Å²) in [7, 11) is 1.64. The van der Waals surface area contributed by atoms with E-state index in [4.69, 9.17) is 4.74 Å². The van der Waals surface area contributed by atoms with Crippen LogP contribution in [0.2, 0.25) is 0 Å². The van der Waals surface area contributed by atoms with Crippen molar-refractivity contribution in [1.82, 2.24) is 9.97 Å². The highest BCUT2D eigenvalue weighted by Gasteiger charge is 2.10. The fraction of sp³-hybridized carbons (Fsp3) is 0.190. The Balaban J connectivity index is 1.59. The van der Waals surface area contributed by atoms with Gasteiger partial charge >= 0.3 is 0 Å². The van der Waals surface area contributed by atoms with Crippen LogP contribution in [0.5, 0.6) is 5.75 Å². The molecule has 3 aromatic rings. The number of ether oxygens (including phenoxy) is 1. The summed E-state index contributed by atoms with van der Waals surface area (Å²) in [6.07, 6.45) is 3.88. The molecule has 0 aliphatic carbocycles. The van der Waals surface area contributed by atoms with Gasteiger partial charge in [-0.15, -0.1) is 0 Å². The smallest absolute Gasteiger partial charge is 0.275 e. The van der Waals surface area contributed by atoms with Crippen LogP contribution in [0.4, 0.5) is 11.5 Å². The summed E-state index contributed by atoms with van der Waals surface area (Å²) in [5.41, 5.74) is 3.25. The number of aryl methyl sites for hydroxylation is 1. The van der Waals surface area contributed by atoms with E-state index in [1.165, 1.54) is 6.20 Å². The summed E-state index contributed by atoms with van der Waals surface area (Å²) in [4.78, 5) is 20.9. The fourth-order valence-electron chi connectivity index (χ4n) is 2.61. The number of nitrogens with zero attached hydrogens (tertiary/aromatic N) is 2. The quantitative estimate of drug-likeness (QED) is 0.666. The van der Waals surface area contributed by atoms with E-state index in [1.54, 1.807) is 13.3 Å². The van der Waals surface area contributed by atoms with E-state index in [0.29, 0.717) is 12.4 Å². The summed E-state index contributed by atoms with van der Waals surface area (Å²) in [6, 6.07) is 15.5. The molecule has 0 saturated heterocycles. The van der Waals surface area contributed by atoms with E-state index in [9.17, 15) is 4.79 Å². The number of rotatable bonds is 7. The van der Waals surface area contributed by atoms with Gasteiger partial charge in [0.1, 0.15) is 17.3 Å². The number of para-hydroxylation sites is 1. The Morgan fingerprint density at radius 3 is 2.48 bits per heavy atom. The number of hydrogen-bond acceptors (Lipinski definition) is 5. The van der Waals surface area contributed by atoms with Crippen molar-refractivity contribution in [3.05, 3.63) is 77.7 Å². The largest absolute Gasteiger partial charge is 0.497 e. The Morgan fingerprint density at radius 2 is 1.81 bits per heavy atom. The molecule has 1 aromatic heterocycles. The van der Waals surface area contributed by atoms with Crippen molar-refractivity contribution >= 4 is 17.4 Å². The number of carbonyl (C=O) groups excluding carboxylic acids is 1. The fourth-order valence-corrected chi connectivity index (χ4v) is 2.61. The molecule has 0 unspecified atom stereocenters. The molecular formula is C21H22N4O2. The minimum absolute atomic E-state index is 0.273. The maximum Gasteiger partial charge on any atom is 0.275 e. The maximum atomic E-state index is 12.4. The normalized spacial score (nSPS) is 10.3. The zero-order valence-electron chi connectivity index (χ0n) is 15.4. The highest BCUT2D eigenvalue weighted by molar-refractivity contribution is 6.03. The number of amides is 1. The Bertz CT molecular complexity index is 893. The highest BCUT2D eigenvalue weighted by Crippen LogP contribution is 2.16. The van der Waals surface area contributed by atoms with Crippen molar-refractivity contribution in [2.24, 2.45) is 0 Å². The molecule has 6 nitrogen and oxygen atoms in total. The van der Waals surface area contributed by atoms with Gasteiger partial charge < -0.3 is 15.4 Å². The SMILES string of the molecule is CCc1ccccc1NC(=O)c1cnc(NCc2ccc(OC)cc2)cn1. The van der Waals surface area contributed by atoms with Crippen LogP contribution in [0.1, 0.15) is 28.5 Å². The average Bonchev–Trinajstić information content (AvgIpc) is 2.73. The van der Waals surface area contributed by atoms with Crippen molar-refractivity contribution in [1.29, 1.82) is 0 Å². The number of nitrogens with one attached hydrogen (secondary N) is 2. The summed E-state index contributed by atoms with van der Waals surface area (Å²) in [6.45, 7) is 2.65. The van der Waals surface area contributed by atoms with Crippen molar-refractivity contribution in [3.8, 4) is 5.75 Å². The zero-order valence-corrected chi connectivity index (χ0v) is 15.4. The van der Waals surface area contributed by atoms with E-state index >= 15 is 0 Å². The predicted octanol–water partition coefficient (Wildman–Crippen LogP) is 3.91. The number of aromatic nitrogens is 2. The van der Waals surface area contributed by atoms with Gasteiger partial charge in [-0.1, -0.05) is 37.3 Å². The highest BCUT2D eigenvalue weighted by atomic mass is 16.5. The second kappa shape index (κ2) is 8.80. The first-order valence-corrected chi connectivity index (χ1v) is 8.77. The molecule has 27 heavy (non-hydrogen) atoms. The van der Waals surface area contributed by atoms with Crippen LogP contribution < -0.4 is 15.4 Å². The maximum absolute atomic E-state index is 12.4. The van der Waals surface area contributed by atoms with Crippen LogP contribution in [0.3, 0.4) is 0 Å². The topological polar surface area (TPSA) is 76.1 Å². The molecule has 1 amide bonds. The van der Waals surface area contributed by atoms with E-state index in [2.05, 4.69) is 20.6 Å². The molecule has 0 spiro atoms. The van der Waals surface area contributed by atoms with Gasteiger partial charge in [-0.05, 0) is 35.7 Å². The lowest BCUT2D eigenvalue weighted by molar-refractivity contribution is 0.102. The molecular weight excluding hydrogens is 340 g/mol. The van der Waals surface area contributed by atoms with Gasteiger partial charge in [-0.3, -0.25) is 4.79 Å². The molecule has 0 aliphatic rings. The zero-order chi connectivity index (χ0) is 19.1. The van der Waals surface area contributed by atoms with Crippen LogP contribution in [-0.4, -0.2) is 23.0 Å². The molecule has 0 atom stereocenters. The second-order valence-electron chi connectivity index (χ2n) is 5.95. The average molecular weight is 362 g/mol. The second-order valence-corrected chi connectivity index (χ2v) is 5.95. The first kappa shape index (κ1) is 18.4. The Kier molecular flexibility index (Phi) is 5.99. The number of methoxy groups -OCH3 is 1. The number of benzene rings is 2. The summed E-state index contributed by atoms with van der Waals surface area (Å²) < 4.78 is 5.14. The first-order chi connectivity index (χ1) is 13.2. The minimum atomic E-state index is -0.273. The molecule has 0 bridgehead atoms. The lowest BCUT2D eigenvalue weighted by Crippen LogP contribution is -2.15. The van der Waals surface area contributed by atoms with Crippen molar-refractivity contribution < 1.29 is 9.53 Å².